The minimum atomic E-state index is -0.787. The van der Waals surface area contributed by atoms with Crippen LogP contribution in [0.25, 0.3) is 6.08 Å². The average molecular weight is 522 g/mol. The summed E-state index contributed by atoms with van der Waals surface area (Å²) in [5.41, 5.74) is 3.13. The normalized spacial score (nSPS) is 15.2. The Morgan fingerprint density at radius 2 is 1.86 bits per heavy atom. The van der Waals surface area contributed by atoms with Crippen LogP contribution in [-0.4, -0.2) is 45.0 Å². The Labute approximate surface area is 219 Å². The highest BCUT2D eigenvalue weighted by molar-refractivity contribution is 7.07. The van der Waals surface area contributed by atoms with E-state index in [-0.39, 0.29) is 12.2 Å². The zero-order valence-electron chi connectivity index (χ0n) is 21.9. The van der Waals surface area contributed by atoms with Crippen LogP contribution in [0.4, 0.5) is 5.69 Å². The van der Waals surface area contributed by atoms with E-state index < -0.39 is 12.0 Å². The van der Waals surface area contributed by atoms with Crippen LogP contribution in [0.2, 0.25) is 0 Å². The van der Waals surface area contributed by atoms with Crippen molar-refractivity contribution in [2.24, 2.45) is 4.99 Å². The molecule has 0 amide bonds. The number of fused-ring (bicyclic) bond motifs is 1. The molecular formula is C28H31N3O5S. The fourth-order valence-corrected chi connectivity index (χ4v) is 5.36. The summed E-state index contributed by atoms with van der Waals surface area (Å²) in [6, 6.07) is 12.6. The average Bonchev–Trinajstić information content (AvgIpc) is 3.18. The number of hydrogen-bond donors (Lipinski definition) is 0. The summed E-state index contributed by atoms with van der Waals surface area (Å²) in [6.07, 6.45) is 1.85. The molecule has 1 atom stereocenters. The van der Waals surface area contributed by atoms with Gasteiger partial charge < -0.3 is 19.1 Å². The first-order valence-corrected chi connectivity index (χ1v) is 12.9. The van der Waals surface area contributed by atoms with E-state index >= 15 is 0 Å². The van der Waals surface area contributed by atoms with Crippen LogP contribution in [0.5, 0.6) is 11.5 Å². The molecule has 3 aromatic rings. The SMILES string of the molecule is CCOC(=O)C1=C(C)N=c2sc(=Cc3ccc(N(C)C)cc3)c(=O)n2C1c1cccc(OC)c1OCC. The Morgan fingerprint density at radius 1 is 1.14 bits per heavy atom. The van der Waals surface area contributed by atoms with Gasteiger partial charge in [0, 0.05) is 25.3 Å². The molecule has 0 saturated carbocycles. The number of benzene rings is 2. The number of allylic oxidation sites excluding steroid dienone is 1. The molecule has 0 N–H and O–H groups in total. The second-order valence-corrected chi connectivity index (χ2v) is 9.61. The van der Waals surface area contributed by atoms with E-state index in [1.54, 1.807) is 31.6 Å². The fourth-order valence-electron chi connectivity index (χ4n) is 4.31. The van der Waals surface area contributed by atoms with Gasteiger partial charge in [-0.05, 0) is 50.6 Å². The largest absolute Gasteiger partial charge is 0.493 e. The summed E-state index contributed by atoms with van der Waals surface area (Å²) in [4.78, 5) is 34.2. The zero-order chi connectivity index (χ0) is 26.7. The molecule has 0 bridgehead atoms. The summed E-state index contributed by atoms with van der Waals surface area (Å²) in [6.45, 7) is 5.96. The van der Waals surface area contributed by atoms with E-state index in [0.717, 1.165) is 11.3 Å². The maximum absolute atomic E-state index is 13.9. The molecule has 9 heteroatoms. The highest BCUT2D eigenvalue weighted by Gasteiger charge is 2.35. The molecule has 0 saturated heterocycles. The van der Waals surface area contributed by atoms with Crippen molar-refractivity contribution >= 4 is 29.1 Å². The molecule has 8 nitrogen and oxygen atoms in total. The van der Waals surface area contributed by atoms with Gasteiger partial charge in [-0.2, -0.15) is 0 Å². The number of nitrogens with zero attached hydrogens (tertiary/aromatic N) is 3. The number of carbonyl (C=O) groups is 1. The minimum absolute atomic E-state index is 0.201. The van der Waals surface area contributed by atoms with Crippen molar-refractivity contribution in [3.63, 3.8) is 0 Å². The van der Waals surface area contributed by atoms with Crippen LogP contribution in [0.15, 0.2) is 63.5 Å². The Morgan fingerprint density at radius 3 is 2.49 bits per heavy atom. The van der Waals surface area contributed by atoms with E-state index in [9.17, 15) is 9.59 Å². The van der Waals surface area contributed by atoms with Crippen LogP contribution in [0.1, 0.15) is 37.9 Å². The lowest BCUT2D eigenvalue weighted by atomic mass is 9.94. The molecule has 4 rings (SSSR count). The summed E-state index contributed by atoms with van der Waals surface area (Å²) in [5, 5.41) is 0. The topological polar surface area (TPSA) is 82.4 Å². The van der Waals surface area contributed by atoms with E-state index in [4.69, 9.17) is 14.2 Å². The van der Waals surface area contributed by atoms with Gasteiger partial charge in [-0.3, -0.25) is 9.36 Å². The lowest BCUT2D eigenvalue weighted by Gasteiger charge is -2.26. The van der Waals surface area contributed by atoms with Crippen molar-refractivity contribution in [2.75, 3.05) is 39.3 Å². The van der Waals surface area contributed by atoms with Crippen molar-refractivity contribution < 1.29 is 19.0 Å². The second kappa shape index (κ2) is 11.0. The second-order valence-electron chi connectivity index (χ2n) is 8.60. The molecule has 1 unspecified atom stereocenters. The lowest BCUT2D eigenvalue weighted by Crippen LogP contribution is -2.40. The maximum atomic E-state index is 13.9. The van der Waals surface area contributed by atoms with E-state index in [1.807, 2.05) is 68.4 Å². The molecule has 1 aromatic heterocycles. The van der Waals surface area contributed by atoms with Crippen molar-refractivity contribution in [3.05, 3.63) is 84.5 Å². The van der Waals surface area contributed by atoms with Gasteiger partial charge in [0.25, 0.3) is 5.56 Å². The molecule has 0 radical (unpaired) electrons. The third-order valence-corrected chi connectivity index (χ3v) is 7.02. The highest BCUT2D eigenvalue weighted by atomic mass is 32.1. The summed E-state index contributed by atoms with van der Waals surface area (Å²) >= 11 is 1.29. The third-order valence-electron chi connectivity index (χ3n) is 6.04. The number of methoxy groups -OCH3 is 1. The van der Waals surface area contributed by atoms with Gasteiger partial charge in [0.05, 0.1) is 36.1 Å². The summed E-state index contributed by atoms with van der Waals surface area (Å²) < 4.78 is 19.0. The van der Waals surface area contributed by atoms with Crippen molar-refractivity contribution in [1.29, 1.82) is 0 Å². The summed E-state index contributed by atoms with van der Waals surface area (Å²) in [7, 11) is 5.51. The molecule has 0 spiro atoms. The standard InChI is InChI=1S/C28H31N3O5S/c1-7-35-25-20(10-9-11-21(25)34-6)24-23(27(33)36-8-2)17(3)29-28-31(24)26(32)22(37-28)16-18-12-14-19(15-13-18)30(4)5/h9-16,24H,7-8H2,1-6H3. The maximum Gasteiger partial charge on any atom is 0.338 e. The first-order chi connectivity index (χ1) is 17.8. The smallest absolute Gasteiger partial charge is 0.338 e. The molecule has 0 aliphatic carbocycles. The Bertz CT molecular complexity index is 1520. The molecule has 0 fully saturated rings. The number of thiazole rings is 1. The van der Waals surface area contributed by atoms with Crippen molar-refractivity contribution in [2.45, 2.75) is 26.8 Å². The third kappa shape index (κ3) is 5.04. The summed E-state index contributed by atoms with van der Waals surface area (Å²) in [5.74, 6) is 0.468. The number of aromatic nitrogens is 1. The molecule has 1 aliphatic heterocycles. The first kappa shape index (κ1) is 26.2. The van der Waals surface area contributed by atoms with Crippen LogP contribution < -0.4 is 29.3 Å². The highest BCUT2D eigenvalue weighted by Crippen LogP contribution is 2.40. The number of hydrogen-bond acceptors (Lipinski definition) is 8. The minimum Gasteiger partial charge on any atom is -0.493 e. The lowest BCUT2D eigenvalue weighted by molar-refractivity contribution is -0.139. The van der Waals surface area contributed by atoms with Gasteiger partial charge in [0.1, 0.15) is 6.04 Å². The molecule has 2 heterocycles. The van der Waals surface area contributed by atoms with Crippen LogP contribution in [0, 0.1) is 0 Å². The monoisotopic (exact) mass is 521 g/mol. The number of esters is 1. The number of ether oxygens (including phenoxy) is 3. The van der Waals surface area contributed by atoms with Crippen molar-refractivity contribution in [3.8, 4) is 11.5 Å². The Kier molecular flexibility index (Phi) is 7.83. The predicted octanol–water partition coefficient (Wildman–Crippen LogP) is 3.27. The quantitative estimate of drug-likeness (QED) is 0.423. The van der Waals surface area contributed by atoms with Gasteiger partial charge in [-0.15, -0.1) is 0 Å². The van der Waals surface area contributed by atoms with E-state index in [1.165, 1.54) is 11.3 Å². The van der Waals surface area contributed by atoms with E-state index in [2.05, 4.69) is 4.99 Å². The molecule has 37 heavy (non-hydrogen) atoms. The van der Waals surface area contributed by atoms with Crippen LogP contribution in [-0.2, 0) is 9.53 Å². The Balaban J connectivity index is 1.97. The fraction of sp³-hybridized carbons (Fsp3) is 0.321. The van der Waals surface area contributed by atoms with Crippen molar-refractivity contribution in [1.82, 2.24) is 4.57 Å². The van der Waals surface area contributed by atoms with E-state index in [0.29, 0.717) is 44.3 Å². The van der Waals surface area contributed by atoms with Gasteiger partial charge in [-0.1, -0.05) is 35.6 Å². The predicted molar refractivity (Wildman–Crippen MR) is 145 cm³/mol. The van der Waals surface area contributed by atoms with Gasteiger partial charge >= 0.3 is 5.97 Å². The van der Waals surface area contributed by atoms with Gasteiger partial charge in [0.15, 0.2) is 16.3 Å². The number of anilines is 1. The van der Waals surface area contributed by atoms with Crippen LogP contribution in [0.3, 0.4) is 0 Å². The van der Waals surface area contributed by atoms with Crippen LogP contribution >= 0.6 is 11.3 Å². The van der Waals surface area contributed by atoms with Gasteiger partial charge in [-0.25, -0.2) is 9.79 Å². The number of carbonyl (C=O) groups excluding carboxylic acids is 1. The van der Waals surface area contributed by atoms with Gasteiger partial charge in [0.2, 0.25) is 0 Å². The molecule has 2 aromatic carbocycles. The Hall–Kier alpha value is -3.85. The molecular weight excluding hydrogens is 490 g/mol. The zero-order valence-corrected chi connectivity index (χ0v) is 22.7. The number of rotatable bonds is 8. The molecule has 194 valence electrons. The number of para-hydroxylation sites is 1. The molecule has 1 aliphatic rings. The first-order valence-electron chi connectivity index (χ1n) is 12.1.